The van der Waals surface area contributed by atoms with E-state index in [2.05, 4.69) is 15.4 Å². The number of nitrogens with zero attached hydrogens (tertiary/aromatic N) is 2. The lowest BCUT2D eigenvalue weighted by Crippen LogP contribution is -2.33. The first-order valence-corrected chi connectivity index (χ1v) is 12.5. The third kappa shape index (κ3) is 5.77. The highest BCUT2D eigenvalue weighted by molar-refractivity contribution is 6.06. The van der Waals surface area contributed by atoms with E-state index in [0.29, 0.717) is 34.3 Å². The van der Waals surface area contributed by atoms with Crippen molar-refractivity contribution in [2.75, 3.05) is 13.2 Å². The summed E-state index contributed by atoms with van der Waals surface area (Å²) in [6.07, 6.45) is 6.96. The molecule has 37 heavy (non-hydrogen) atoms. The summed E-state index contributed by atoms with van der Waals surface area (Å²) in [5, 5.41) is 20.5. The summed E-state index contributed by atoms with van der Waals surface area (Å²) in [6.45, 7) is 0.775. The van der Waals surface area contributed by atoms with E-state index in [1.54, 1.807) is 36.7 Å². The van der Waals surface area contributed by atoms with Crippen molar-refractivity contribution in [3.05, 3.63) is 78.1 Å². The van der Waals surface area contributed by atoms with E-state index in [9.17, 15) is 9.90 Å². The number of aliphatic hydroxyl groups excluding tert-OH is 1. The van der Waals surface area contributed by atoms with Crippen LogP contribution in [0.5, 0.6) is 5.75 Å². The lowest BCUT2D eigenvalue weighted by atomic mass is 9.98. The molecule has 190 valence electrons. The number of carbonyl (C=O) groups excluding carboxylic acids is 1. The summed E-state index contributed by atoms with van der Waals surface area (Å²) < 4.78 is 5.53. The van der Waals surface area contributed by atoms with Crippen LogP contribution in [0.25, 0.3) is 33.3 Å². The highest BCUT2D eigenvalue weighted by Gasteiger charge is 2.20. The molecule has 1 unspecified atom stereocenters. The molecule has 3 N–H and O–H groups in total. The fourth-order valence-electron chi connectivity index (χ4n) is 4.45. The van der Waals surface area contributed by atoms with Crippen LogP contribution in [0, 0.1) is 0 Å². The number of hydroxylamine groups is 1. The van der Waals surface area contributed by atoms with Crippen LogP contribution in [-0.4, -0.2) is 45.6 Å². The molecule has 3 heterocycles. The number of aliphatic hydroxyl groups is 1. The van der Waals surface area contributed by atoms with E-state index < -0.39 is 12.2 Å². The molecule has 2 aromatic carbocycles. The van der Waals surface area contributed by atoms with Gasteiger partial charge in [-0.05, 0) is 66.6 Å². The first-order chi connectivity index (χ1) is 18.1. The largest absolute Gasteiger partial charge is 0.507 e. The average Bonchev–Trinajstić information content (AvgIpc) is 2.95. The van der Waals surface area contributed by atoms with Gasteiger partial charge in [0.2, 0.25) is 0 Å². The molecule has 0 radical (unpaired) electrons. The summed E-state index contributed by atoms with van der Waals surface area (Å²) in [6, 6.07) is 16.8. The molecule has 1 amide bonds. The Kier molecular flexibility index (Phi) is 7.70. The van der Waals surface area contributed by atoms with Crippen LogP contribution in [0.1, 0.15) is 41.6 Å². The maximum absolute atomic E-state index is 13.1. The average molecular weight is 500 g/mol. The Labute approximate surface area is 214 Å². The molecule has 5 rings (SSSR count). The number of fused-ring (bicyclic) bond motifs is 1. The normalized spacial score (nSPS) is 15.5. The molecule has 2 aromatic heterocycles. The number of ether oxygens (including phenoxy) is 1. The number of aryl methyl sites for hydroxylation is 1. The third-order valence-electron chi connectivity index (χ3n) is 6.46. The Morgan fingerprint density at radius 2 is 1.92 bits per heavy atom. The Hall–Kier alpha value is -3.85. The van der Waals surface area contributed by atoms with Gasteiger partial charge in [-0.15, -0.1) is 0 Å². The monoisotopic (exact) mass is 499 g/mol. The lowest BCUT2D eigenvalue weighted by molar-refractivity contribution is -0.186. The zero-order valence-electron chi connectivity index (χ0n) is 20.4. The van der Waals surface area contributed by atoms with E-state index >= 15 is 0 Å². The van der Waals surface area contributed by atoms with Crippen molar-refractivity contribution < 1.29 is 24.6 Å². The van der Waals surface area contributed by atoms with Crippen molar-refractivity contribution >= 4 is 16.8 Å². The number of pyridine rings is 2. The molecule has 4 aromatic rings. The summed E-state index contributed by atoms with van der Waals surface area (Å²) in [5.74, 6) is -0.380. The second kappa shape index (κ2) is 11.5. The number of hydrogen-bond acceptors (Lipinski definition) is 7. The van der Waals surface area contributed by atoms with Crippen molar-refractivity contribution in [1.29, 1.82) is 0 Å². The Balaban J connectivity index is 1.42. The zero-order valence-corrected chi connectivity index (χ0v) is 20.4. The maximum atomic E-state index is 13.1. The number of aromatic hydroxyl groups is 1. The lowest BCUT2D eigenvalue weighted by Gasteiger charge is -2.22. The van der Waals surface area contributed by atoms with E-state index in [1.807, 2.05) is 30.3 Å². The van der Waals surface area contributed by atoms with E-state index in [1.165, 1.54) is 0 Å². The zero-order chi connectivity index (χ0) is 25.6. The van der Waals surface area contributed by atoms with Crippen LogP contribution < -0.4 is 5.48 Å². The second-order valence-electron chi connectivity index (χ2n) is 9.05. The number of nitrogens with one attached hydrogen (secondary N) is 1. The van der Waals surface area contributed by atoms with Crippen LogP contribution in [-0.2, 0) is 16.0 Å². The molecular formula is C29H29N3O5. The van der Waals surface area contributed by atoms with Crippen molar-refractivity contribution in [3.8, 4) is 28.1 Å². The topological polar surface area (TPSA) is 114 Å². The smallest absolute Gasteiger partial charge is 0.275 e. The van der Waals surface area contributed by atoms with Gasteiger partial charge in [0.05, 0.1) is 16.8 Å². The summed E-state index contributed by atoms with van der Waals surface area (Å²) in [7, 11) is 0. The number of rotatable bonds is 8. The van der Waals surface area contributed by atoms with Gasteiger partial charge in [-0.2, -0.15) is 0 Å². The number of carbonyl (C=O) groups is 1. The van der Waals surface area contributed by atoms with Crippen LogP contribution >= 0.6 is 0 Å². The first kappa shape index (κ1) is 24.8. The minimum atomic E-state index is -0.469. The Morgan fingerprint density at radius 1 is 1.08 bits per heavy atom. The highest BCUT2D eigenvalue weighted by atomic mass is 16.8. The number of benzene rings is 2. The van der Waals surface area contributed by atoms with Gasteiger partial charge in [0.1, 0.15) is 5.75 Å². The van der Waals surface area contributed by atoms with E-state index in [0.717, 1.165) is 48.8 Å². The van der Waals surface area contributed by atoms with Gasteiger partial charge in [0.15, 0.2) is 6.29 Å². The van der Waals surface area contributed by atoms with Gasteiger partial charge < -0.3 is 14.9 Å². The van der Waals surface area contributed by atoms with Gasteiger partial charge in [0.25, 0.3) is 5.91 Å². The Morgan fingerprint density at radius 3 is 2.68 bits per heavy atom. The summed E-state index contributed by atoms with van der Waals surface area (Å²) in [4.78, 5) is 27.4. The predicted octanol–water partition coefficient (Wildman–Crippen LogP) is 4.78. The molecule has 1 aliphatic rings. The van der Waals surface area contributed by atoms with Crippen molar-refractivity contribution in [1.82, 2.24) is 15.4 Å². The minimum absolute atomic E-state index is 0.0565. The SMILES string of the molecule is O=C(NOC1CCCCO1)c1cc(-c2ccc(-c3ccc(CCCO)cc3)cc2O)nc2ccncc12. The van der Waals surface area contributed by atoms with E-state index in [4.69, 9.17) is 14.7 Å². The molecule has 1 aliphatic heterocycles. The van der Waals surface area contributed by atoms with Crippen LogP contribution in [0.4, 0.5) is 0 Å². The molecule has 1 atom stereocenters. The molecule has 1 saturated heterocycles. The van der Waals surface area contributed by atoms with Crippen molar-refractivity contribution in [2.45, 2.75) is 38.4 Å². The van der Waals surface area contributed by atoms with Crippen molar-refractivity contribution in [2.24, 2.45) is 0 Å². The first-order valence-electron chi connectivity index (χ1n) is 12.5. The fraction of sp³-hybridized carbons (Fsp3) is 0.276. The van der Waals surface area contributed by atoms with Crippen LogP contribution in [0.2, 0.25) is 0 Å². The minimum Gasteiger partial charge on any atom is -0.507 e. The molecule has 8 nitrogen and oxygen atoms in total. The third-order valence-corrected chi connectivity index (χ3v) is 6.46. The fourth-order valence-corrected chi connectivity index (χ4v) is 4.45. The van der Waals surface area contributed by atoms with Crippen LogP contribution in [0.15, 0.2) is 67.0 Å². The quantitative estimate of drug-likeness (QED) is 0.299. The van der Waals surface area contributed by atoms with Gasteiger partial charge in [-0.3, -0.25) is 9.78 Å². The van der Waals surface area contributed by atoms with Gasteiger partial charge in [0, 0.05) is 43.0 Å². The number of phenols is 1. The van der Waals surface area contributed by atoms with Crippen LogP contribution in [0.3, 0.4) is 0 Å². The van der Waals surface area contributed by atoms with Crippen molar-refractivity contribution in [3.63, 3.8) is 0 Å². The number of phenolic OH excluding ortho intramolecular Hbond substituents is 1. The maximum Gasteiger partial charge on any atom is 0.275 e. The summed E-state index contributed by atoms with van der Waals surface area (Å²) in [5.41, 5.74) is 7.37. The summed E-state index contributed by atoms with van der Waals surface area (Å²) >= 11 is 0. The number of aromatic nitrogens is 2. The second-order valence-corrected chi connectivity index (χ2v) is 9.05. The van der Waals surface area contributed by atoms with Gasteiger partial charge in [-0.1, -0.05) is 30.3 Å². The van der Waals surface area contributed by atoms with Gasteiger partial charge >= 0.3 is 0 Å². The molecule has 0 saturated carbocycles. The molecule has 0 aliphatic carbocycles. The number of hydrogen-bond donors (Lipinski definition) is 3. The molecule has 0 bridgehead atoms. The molecular weight excluding hydrogens is 470 g/mol. The molecule has 1 fully saturated rings. The standard InChI is InChI=1S/C29H29N3O5/c33-14-3-4-19-6-8-20(9-7-19)21-10-11-22(27(34)16-21)26-17-23(24-18-30-13-12-25(24)31-26)29(35)32-37-28-5-1-2-15-36-28/h6-13,16-18,28,33-34H,1-5,14-15H2,(H,32,35). The van der Waals surface area contributed by atoms with E-state index in [-0.39, 0.29) is 12.4 Å². The molecule has 8 heteroatoms. The Bertz CT molecular complexity index is 1380. The highest BCUT2D eigenvalue weighted by Crippen LogP contribution is 2.34. The van der Waals surface area contributed by atoms with Gasteiger partial charge in [-0.25, -0.2) is 15.3 Å². The number of amides is 1. The molecule has 0 spiro atoms. The predicted molar refractivity (Wildman–Crippen MR) is 140 cm³/mol.